The minimum atomic E-state index is -0.694. The Morgan fingerprint density at radius 2 is 1.79 bits per heavy atom. The zero-order valence-electron chi connectivity index (χ0n) is 23.2. The fourth-order valence-electron chi connectivity index (χ4n) is 4.09. The molecule has 4 rings (SSSR count). The van der Waals surface area contributed by atoms with E-state index in [4.69, 9.17) is 9.47 Å². The standard InChI is InChI=1S/C31H37N3O3S/c1-22-9-7-10-24(17-22)27-18-28(33-21-32-27)34(20-25-11-8-16-36-25)19-23-12-14-26(15-13-23)38-31(5,6)29(35)37-30(2,3)4/h7,9-15,17-18,21H,8,16,19-20H2,1-6H3. The molecule has 0 aliphatic carbocycles. The lowest BCUT2D eigenvalue weighted by Crippen LogP contribution is -2.36. The molecule has 0 bridgehead atoms. The number of esters is 1. The van der Waals surface area contributed by atoms with Gasteiger partial charge in [0.25, 0.3) is 0 Å². The molecular weight excluding hydrogens is 494 g/mol. The minimum absolute atomic E-state index is 0.219. The fourth-order valence-corrected chi connectivity index (χ4v) is 5.07. The molecule has 0 amide bonds. The predicted molar refractivity (Wildman–Crippen MR) is 154 cm³/mol. The first-order valence-corrected chi connectivity index (χ1v) is 13.8. The molecule has 2 heterocycles. The van der Waals surface area contributed by atoms with Gasteiger partial charge in [0.15, 0.2) is 0 Å². The van der Waals surface area contributed by atoms with Gasteiger partial charge in [-0.25, -0.2) is 9.97 Å². The zero-order valence-corrected chi connectivity index (χ0v) is 24.0. The number of ether oxygens (including phenoxy) is 2. The SMILES string of the molecule is Cc1cccc(-c2cc(N(CC3=CCCO3)Cc3ccc(SC(C)(C)C(=O)OC(C)(C)C)cc3)ncn2)c1. The predicted octanol–water partition coefficient (Wildman–Crippen LogP) is 6.98. The summed E-state index contributed by atoms with van der Waals surface area (Å²) in [6.45, 7) is 13.6. The quantitative estimate of drug-likeness (QED) is 0.218. The van der Waals surface area contributed by atoms with Gasteiger partial charge >= 0.3 is 5.97 Å². The number of anilines is 1. The highest BCUT2D eigenvalue weighted by atomic mass is 32.2. The van der Waals surface area contributed by atoms with E-state index in [-0.39, 0.29) is 5.97 Å². The van der Waals surface area contributed by atoms with Crippen molar-refractivity contribution in [1.82, 2.24) is 9.97 Å². The second-order valence-electron chi connectivity index (χ2n) is 11.1. The largest absolute Gasteiger partial charge is 0.496 e. The lowest BCUT2D eigenvalue weighted by atomic mass is 10.1. The molecule has 7 heteroatoms. The monoisotopic (exact) mass is 531 g/mol. The third-order valence-corrected chi connectivity index (χ3v) is 7.16. The fraction of sp³-hybridized carbons (Fsp3) is 0.387. The van der Waals surface area contributed by atoms with Crippen molar-refractivity contribution in [3.05, 3.63) is 83.9 Å². The van der Waals surface area contributed by atoms with Crippen LogP contribution in [0.5, 0.6) is 0 Å². The molecule has 0 atom stereocenters. The van der Waals surface area contributed by atoms with Crippen LogP contribution in [0.25, 0.3) is 11.3 Å². The molecule has 0 spiro atoms. The Labute approximate surface area is 230 Å². The van der Waals surface area contributed by atoms with Gasteiger partial charge in [-0.05, 0) is 71.4 Å². The van der Waals surface area contributed by atoms with Gasteiger partial charge in [-0.3, -0.25) is 4.79 Å². The van der Waals surface area contributed by atoms with Crippen LogP contribution in [0.2, 0.25) is 0 Å². The number of carbonyl (C=O) groups is 1. The topological polar surface area (TPSA) is 64.5 Å². The van der Waals surface area contributed by atoms with Crippen LogP contribution in [-0.4, -0.2) is 39.4 Å². The van der Waals surface area contributed by atoms with E-state index < -0.39 is 10.3 Å². The molecule has 0 unspecified atom stereocenters. The number of aryl methyl sites for hydroxylation is 1. The number of carbonyl (C=O) groups excluding carboxylic acids is 1. The Kier molecular flexibility index (Phi) is 8.46. The molecule has 1 aromatic heterocycles. The van der Waals surface area contributed by atoms with Crippen LogP contribution in [0, 0.1) is 6.92 Å². The molecular formula is C31H37N3O3S. The van der Waals surface area contributed by atoms with E-state index in [0.717, 1.165) is 46.3 Å². The molecule has 0 fully saturated rings. The van der Waals surface area contributed by atoms with E-state index in [9.17, 15) is 4.79 Å². The first kappa shape index (κ1) is 27.7. The number of benzene rings is 2. The van der Waals surface area contributed by atoms with Crippen LogP contribution in [0.15, 0.2) is 77.7 Å². The minimum Gasteiger partial charge on any atom is -0.496 e. The third kappa shape index (κ3) is 7.60. The van der Waals surface area contributed by atoms with E-state index in [0.29, 0.717) is 13.1 Å². The van der Waals surface area contributed by atoms with Crippen molar-refractivity contribution < 1.29 is 14.3 Å². The molecule has 200 valence electrons. The summed E-state index contributed by atoms with van der Waals surface area (Å²) in [4.78, 5) is 25.1. The van der Waals surface area contributed by atoms with E-state index in [2.05, 4.69) is 70.3 Å². The highest BCUT2D eigenvalue weighted by molar-refractivity contribution is 8.01. The van der Waals surface area contributed by atoms with Crippen molar-refractivity contribution in [2.75, 3.05) is 18.1 Å². The molecule has 0 radical (unpaired) electrons. The molecule has 3 aromatic rings. The van der Waals surface area contributed by atoms with Crippen LogP contribution < -0.4 is 4.90 Å². The molecule has 0 saturated carbocycles. The summed E-state index contributed by atoms with van der Waals surface area (Å²) in [6, 6.07) is 18.7. The Balaban J connectivity index is 1.52. The van der Waals surface area contributed by atoms with Crippen LogP contribution in [-0.2, 0) is 20.8 Å². The van der Waals surface area contributed by atoms with Crippen LogP contribution >= 0.6 is 11.8 Å². The number of thioether (sulfide) groups is 1. The van der Waals surface area contributed by atoms with Crippen molar-refractivity contribution in [3.8, 4) is 11.3 Å². The first-order valence-electron chi connectivity index (χ1n) is 13.0. The maximum absolute atomic E-state index is 12.7. The summed E-state index contributed by atoms with van der Waals surface area (Å²) < 4.78 is 10.8. The summed E-state index contributed by atoms with van der Waals surface area (Å²) in [5.74, 6) is 1.59. The van der Waals surface area contributed by atoms with Crippen molar-refractivity contribution >= 4 is 23.5 Å². The highest BCUT2D eigenvalue weighted by Gasteiger charge is 2.33. The zero-order chi connectivity index (χ0) is 27.3. The van der Waals surface area contributed by atoms with E-state index in [1.165, 1.54) is 17.3 Å². The molecule has 0 saturated heterocycles. The summed E-state index contributed by atoms with van der Waals surface area (Å²) in [7, 11) is 0. The van der Waals surface area contributed by atoms with Gasteiger partial charge in [0.05, 0.1) is 18.8 Å². The summed E-state index contributed by atoms with van der Waals surface area (Å²) in [5.41, 5.74) is 3.77. The van der Waals surface area contributed by atoms with Gasteiger partial charge in [0, 0.05) is 29.5 Å². The maximum Gasteiger partial charge on any atom is 0.322 e. The normalized spacial score (nSPS) is 13.6. The van der Waals surface area contributed by atoms with Crippen LogP contribution in [0.3, 0.4) is 0 Å². The average molecular weight is 532 g/mol. The van der Waals surface area contributed by atoms with Crippen molar-refractivity contribution in [1.29, 1.82) is 0 Å². The third-order valence-electron chi connectivity index (χ3n) is 5.97. The number of rotatable bonds is 9. The summed E-state index contributed by atoms with van der Waals surface area (Å²) in [6.07, 6.45) is 4.71. The molecule has 2 aromatic carbocycles. The first-order chi connectivity index (χ1) is 18.0. The lowest BCUT2D eigenvalue weighted by Gasteiger charge is -2.28. The smallest absolute Gasteiger partial charge is 0.322 e. The van der Waals surface area contributed by atoms with Gasteiger partial charge in [-0.1, -0.05) is 35.9 Å². The number of hydrogen-bond donors (Lipinski definition) is 0. The van der Waals surface area contributed by atoms with Crippen molar-refractivity contribution in [3.63, 3.8) is 0 Å². The highest BCUT2D eigenvalue weighted by Crippen LogP contribution is 2.35. The molecule has 1 aliphatic rings. The number of hydrogen-bond acceptors (Lipinski definition) is 7. The van der Waals surface area contributed by atoms with Gasteiger partial charge in [0.2, 0.25) is 0 Å². The van der Waals surface area contributed by atoms with Crippen LogP contribution in [0.1, 0.15) is 52.2 Å². The second kappa shape index (κ2) is 11.6. The summed E-state index contributed by atoms with van der Waals surface area (Å²) in [5, 5.41) is 0. The molecule has 0 N–H and O–H groups in total. The van der Waals surface area contributed by atoms with E-state index in [1.54, 1.807) is 6.33 Å². The Bertz CT molecular complexity index is 1300. The summed E-state index contributed by atoms with van der Waals surface area (Å²) >= 11 is 1.51. The van der Waals surface area contributed by atoms with Crippen molar-refractivity contribution in [2.45, 2.75) is 69.8 Å². The lowest BCUT2D eigenvalue weighted by molar-refractivity contribution is -0.156. The van der Waals surface area contributed by atoms with E-state index >= 15 is 0 Å². The van der Waals surface area contributed by atoms with E-state index in [1.807, 2.05) is 46.8 Å². The number of aromatic nitrogens is 2. The van der Waals surface area contributed by atoms with Crippen molar-refractivity contribution in [2.24, 2.45) is 0 Å². The van der Waals surface area contributed by atoms with Gasteiger partial charge in [0.1, 0.15) is 28.3 Å². The second-order valence-corrected chi connectivity index (χ2v) is 12.7. The Hall–Kier alpha value is -3.32. The number of nitrogens with zero attached hydrogens (tertiary/aromatic N) is 3. The van der Waals surface area contributed by atoms with Gasteiger partial charge in [-0.2, -0.15) is 0 Å². The molecule has 1 aliphatic heterocycles. The van der Waals surface area contributed by atoms with Gasteiger partial charge in [-0.15, -0.1) is 11.8 Å². The van der Waals surface area contributed by atoms with Crippen LogP contribution in [0.4, 0.5) is 5.82 Å². The Morgan fingerprint density at radius 3 is 2.45 bits per heavy atom. The maximum atomic E-state index is 12.7. The Morgan fingerprint density at radius 1 is 1.03 bits per heavy atom. The average Bonchev–Trinajstić information content (AvgIpc) is 3.37. The molecule has 38 heavy (non-hydrogen) atoms. The van der Waals surface area contributed by atoms with Gasteiger partial charge < -0.3 is 14.4 Å². The molecule has 6 nitrogen and oxygen atoms in total.